The summed E-state index contributed by atoms with van der Waals surface area (Å²) in [5, 5.41) is 3.21. The van der Waals surface area contributed by atoms with Gasteiger partial charge in [-0.15, -0.1) is 0 Å². The lowest BCUT2D eigenvalue weighted by Gasteiger charge is -2.15. The monoisotopic (exact) mass is 225 g/mol. The van der Waals surface area contributed by atoms with Crippen molar-refractivity contribution in [2.24, 2.45) is 0 Å². The van der Waals surface area contributed by atoms with Crippen molar-refractivity contribution in [1.29, 1.82) is 0 Å². The summed E-state index contributed by atoms with van der Waals surface area (Å²) in [4.78, 5) is 8.49. The van der Waals surface area contributed by atoms with Gasteiger partial charge in [0.1, 0.15) is 11.6 Å². The Kier molecular flexibility index (Phi) is 5.14. The van der Waals surface area contributed by atoms with E-state index in [1.54, 1.807) is 14.2 Å². The molecular formula is C11H19N3O2. The molecule has 0 aliphatic carbocycles. The molecule has 1 N–H and O–H groups in total. The SMILES string of the molecule is COCC(CNc1cc(C)nc(C)n1)OC. The number of rotatable bonds is 6. The second-order valence-corrected chi connectivity index (χ2v) is 3.64. The van der Waals surface area contributed by atoms with Gasteiger partial charge in [0.2, 0.25) is 0 Å². The Hall–Kier alpha value is -1.20. The van der Waals surface area contributed by atoms with Crippen LogP contribution in [0.2, 0.25) is 0 Å². The summed E-state index contributed by atoms with van der Waals surface area (Å²) >= 11 is 0. The standard InChI is InChI=1S/C11H19N3O2/c1-8-5-11(14-9(2)13-8)12-6-10(16-4)7-15-3/h5,10H,6-7H2,1-4H3,(H,12,13,14). The van der Waals surface area contributed by atoms with Crippen molar-refractivity contribution >= 4 is 5.82 Å². The number of hydrogen-bond donors (Lipinski definition) is 1. The first-order valence-electron chi connectivity index (χ1n) is 5.23. The molecule has 1 unspecified atom stereocenters. The first-order chi connectivity index (χ1) is 7.65. The normalized spacial score (nSPS) is 12.5. The van der Waals surface area contributed by atoms with Crippen LogP contribution in [-0.4, -0.2) is 43.4 Å². The van der Waals surface area contributed by atoms with Crippen LogP contribution in [0.4, 0.5) is 5.82 Å². The molecule has 5 nitrogen and oxygen atoms in total. The zero-order valence-corrected chi connectivity index (χ0v) is 10.3. The topological polar surface area (TPSA) is 56.3 Å². The van der Waals surface area contributed by atoms with Gasteiger partial charge in [-0.05, 0) is 13.8 Å². The summed E-state index contributed by atoms with van der Waals surface area (Å²) in [5.41, 5.74) is 0.954. The van der Waals surface area contributed by atoms with Crippen LogP contribution in [0.1, 0.15) is 11.5 Å². The zero-order chi connectivity index (χ0) is 12.0. The van der Waals surface area contributed by atoms with Crippen molar-refractivity contribution in [1.82, 2.24) is 9.97 Å². The lowest BCUT2D eigenvalue weighted by atomic mass is 10.3. The molecule has 1 aromatic heterocycles. The number of hydrogen-bond acceptors (Lipinski definition) is 5. The van der Waals surface area contributed by atoms with E-state index in [1.807, 2.05) is 19.9 Å². The predicted molar refractivity (Wildman–Crippen MR) is 62.7 cm³/mol. The molecule has 16 heavy (non-hydrogen) atoms. The van der Waals surface area contributed by atoms with Gasteiger partial charge in [-0.2, -0.15) is 0 Å². The maximum atomic E-state index is 5.24. The van der Waals surface area contributed by atoms with E-state index in [2.05, 4.69) is 15.3 Å². The smallest absolute Gasteiger partial charge is 0.130 e. The van der Waals surface area contributed by atoms with Gasteiger partial charge in [0.15, 0.2) is 0 Å². The Morgan fingerprint density at radius 3 is 2.62 bits per heavy atom. The Balaban J connectivity index is 2.52. The van der Waals surface area contributed by atoms with Crippen LogP contribution in [0.5, 0.6) is 0 Å². The summed E-state index contributed by atoms with van der Waals surface area (Å²) < 4.78 is 10.3. The molecule has 90 valence electrons. The molecule has 0 saturated carbocycles. The van der Waals surface area contributed by atoms with Gasteiger partial charge in [0.25, 0.3) is 0 Å². The predicted octanol–water partition coefficient (Wildman–Crippen LogP) is 1.17. The maximum Gasteiger partial charge on any atom is 0.130 e. The zero-order valence-electron chi connectivity index (χ0n) is 10.3. The number of aromatic nitrogens is 2. The highest BCUT2D eigenvalue weighted by atomic mass is 16.5. The number of nitrogens with one attached hydrogen (secondary N) is 1. The average molecular weight is 225 g/mol. The van der Waals surface area contributed by atoms with E-state index in [-0.39, 0.29) is 6.10 Å². The Labute approximate surface area is 96.2 Å². The molecule has 1 aromatic rings. The lowest BCUT2D eigenvalue weighted by Crippen LogP contribution is -2.27. The number of anilines is 1. The van der Waals surface area contributed by atoms with Gasteiger partial charge in [-0.3, -0.25) is 0 Å². The number of ether oxygens (including phenoxy) is 2. The van der Waals surface area contributed by atoms with Crippen LogP contribution in [0, 0.1) is 13.8 Å². The van der Waals surface area contributed by atoms with Gasteiger partial charge in [-0.25, -0.2) is 9.97 Å². The van der Waals surface area contributed by atoms with E-state index in [0.29, 0.717) is 13.2 Å². The molecule has 0 spiro atoms. The fraction of sp³-hybridized carbons (Fsp3) is 0.636. The molecule has 0 aliphatic heterocycles. The molecule has 0 aromatic carbocycles. The van der Waals surface area contributed by atoms with E-state index in [0.717, 1.165) is 17.3 Å². The van der Waals surface area contributed by atoms with Crippen molar-refractivity contribution in [3.8, 4) is 0 Å². The molecule has 1 rings (SSSR count). The van der Waals surface area contributed by atoms with E-state index < -0.39 is 0 Å². The van der Waals surface area contributed by atoms with Gasteiger partial charge in [0.05, 0.1) is 12.7 Å². The highest BCUT2D eigenvalue weighted by Crippen LogP contribution is 2.06. The van der Waals surface area contributed by atoms with Crippen LogP contribution < -0.4 is 5.32 Å². The summed E-state index contributed by atoms with van der Waals surface area (Å²) in [7, 11) is 3.33. The highest BCUT2D eigenvalue weighted by molar-refractivity contribution is 5.35. The summed E-state index contributed by atoms with van der Waals surface area (Å²) in [5.74, 6) is 1.59. The van der Waals surface area contributed by atoms with Gasteiger partial charge >= 0.3 is 0 Å². The fourth-order valence-electron chi connectivity index (χ4n) is 1.42. The van der Waals surface area contributed by atoms with Crippen molar-refractivity contribution in [2.45, 2.75) is 20.0 Å². The van der Waals surface area contributed by atoms with Crippen LogP contribution in [-0.2, 0) is 9.47 Å². The van der Waals surface area contributed by atoms with Crippen molar-refractivity contribution in [2.75, 3.05) is 32.7 Å². The van der Waals surface area contributed by atoms with Crippen LogP contribution in [0.25, 0.3) is 0 Å². The molecule has 0 aliphatic rings. The summed E-state index contributed by atoms with van der Waals surface area (Å²) in [6.45, 7) is 5.05. The lowest BCUT2D eigenvalue weighted by molar-refractivity contribution is 0.0365. The van der Waals surface area contributed by atoms with Crippen molar-refractivity contribution in [3.63, 3.8) is 0 Å². The van der Waals surface area contributed by atoms with Crippen LogP contribution in [0.15, 0.2) is 6.07 Å². The van der Waals surface area contributed by atoms with E-state index >= 15 is 0 Å². The summed E-state index contributed by atoms with van der Waals surface area (Å²) in [6, 6.07) is 1.91. The first-order valence-corrected chi connectivity index (χ1v) is 5.23. The molecule has 1 heterocycles. The fourth-order valence-corrected chi connectivity index (χ4v) is 1.42. The van der Waals surface area contributed by atoms with Crippen molar-refractivity contribution < 1.29 is 9.47 Å². The van der Waals surface area contributed by atoms with E-state index in [4.69, 9.17) is 9.47 Å². The molecule has 0 amide bonds. The Bertz CT molecular complexity index is 311. The molecule has 0 fully saturated rings. The minimum atomic E-state index is 0.0283. The van der Waals surface area contributed by atoms with E-state index in [1.165, 1.54) is 0 Å². The second kappa shape index (κ2) is 6.40. The number of nitrogens with zero attached hydrogens (tertiary/aromatic N) is 2. The third-order valence-electron chi connectivity index (χ3n) is 2.16. The molecule has 1 atom stereocenters. The molecule has 0 bridgehead atoms. The van der Waals surface area contributed by atoms with Crippen LogP contribution >= 0.6 is 0 Å². The molecule has 5 heteroatoms. The Morgan fingerprint density at radius 2 is 2.06 bits per heavy atom. The second-order valence-electron chi connectivity index (χ2n) is 3.64. The maximum absolute atomic E-state index is 5.24. The van der Waals surface area contributed by atoms with Gasteiger partial charge in [-0.1, -0.05) is 0 Å². The minimum absolute atomic E-state index is 0.0283. The van der Waals surface area contributed by atoms with Crippen LogP contribution in [0.3, 0.4) is 0 Å². The average Bonchev–Trinajstić information content (AvgIpc) is 2.23. The third kappa shape index (κ3) is 4.12. The highest BCUT2D eigenvalue weighted by Gasteiger charge is 2.07. The quantitative estimate of drug-likeness (QED) is 0.787. The molecular weight excluding hydrogens is 206 g/mol. The van der Waals surface area contributed by atoms with E-state index in [9.17, 15) is 0 Å². The van der Waals surface area contributed by atoms with Gasteiger partial charge < -0.3 is 14.8 Å². The molecule has 0 radical (unpaired) electrons. The minimum Gasteiger partial charge on any atom is -0.382 e. The Morgan fingerprint density at radius 1 is 1.31 bits per heavy atom. The largest absolute Gasteiger partial charge is 0.382 e. The number of methoxy groups -OCH3 is 2. The van der Waals surface area contributed by atoms with Gasteiger partial charge in [0, 0.05) is 32.5 Å². The summed E-state index contributed by atoms with van der Waals surface area (Å²) in [6.07, 6.45) is 0.0283. The third-order valence-corrected chi connectivity index (χ3v) is 2.16. The first kappa shape index (κ1) is 12.9. The molecule has 0 saturated heterocycles. The number of aryl methyl sites for hydroxylation is 2. The van der Waals surface area contributed by atoms with Crippen molar-refractivity contribution in [3.05, 3.63) is 17.6 Å².